The van der Waals surface area contributed by atoms with E-state index >= 15 is 0 Å². The van der Waals surface area contributed by atoms with Gasteiger partial charge < -0.3 is 10.6 Å². The normalized spacial score (nSPS) is 33.1. The highest BCUT2D eigenvalue weighted by atomic mass is 15.2. The number of rotatable bonds is 1. The lowest BCUT2D eigenvalue weighted by Gasteiger charge is -2.36. The fourth-order valence-corrected chi connectivity index (χ4v) is 3.07. The molecule has 1 saturated heterocycles. The van der Waals surface area contributed by atoms with E-state index in [1.54, 1.807) is 6.33 Å². The van der Waals surface area contributed by atoms with Gasteiger partial charge in [0.2, 0.25) is 0 Å². The summed E-state index contributed by atoms with van der Waals surface area (Å²) in [5, 5.41) is 0. The first-order valence-corrected chi connectivity index (χ1v) is 6.03. The van der Waals surface area contributed by atoms with Crippen LogP contribution >= 0.6 is 0 Å². The molecule has 1 saturated carbocycles. The Morgan fingerprint density at radius 1 is 1.25 bits per heavy atom. The van der Waals surface area contributed by atoms with Gasteiger partial charge in [0, 0.05) is 30.9 Å². The second-order valence-corrected chi connectivity index (χ2v) is 5.10. The van der Waals surface area contributed by atoms with Crippen LogP contribution in [0.1, 0.15) is 18.5 Å². The van der Waals surface area contributed by atoms with E-state index in [0.29, 0.717) is 17.9 Å². The van der Waals surface area contributed by atoms with Crippen LogP contribution in [0, 0.1) is 18.8 Å². The fourth-order valence-electron chi connectivity index (χ4n) is 3.07. The molecule has 0 unspecified atom stereocenters. The third-order valence-corrected chi connectivity index (χ3v) is 4.02. The van der Waals surface area contributed by atoms with Crippen molar-refractivity contribution in [2.45, 2.75) is 25.8 Å². The molecule has 4 nitrogen and oxygen atoms in total. The molecular formula is C12H18N4. The molecule has 86 valence electrons. The van der Waals surface area contributed by atoms with E-state index in [1.165, 1.54) is 12.8 Å². The summed E-state index contributed by atoms with van der Waals surface area (Å²) in [6, 6.07) is 2.48. The molecule has 3 rings (SSSR count). The van der Waals surface area contributed by atoms with Crippen molar-refractivity contribution in [1.82, 2.24) is 9.97 Å². The molecule has 0 radical (unpaired) electrons. The Hall–Kier alpha value is -1.16. The van der Waals surface area contributed by atoms with E-state index in [0.717, 1.165) is 24.6 Å². The van der Waals surface area contributed by atoms with Gasteiger partial charge >= 0.3 is 0 Å². The first kappa shape index (κ1) is 10.0. The van der Waals surface area contributed by atoms with Crippen molar-refractivity contribution in [2.24, 2.45) is 17.6 Å². The van der Waals surface area contributed by atoms with Gasteiger partial charge in [0.1, 0.15) is 12.1 Å². The molecular weight excluding hydrogens is 200 g/mol. The fraction of sp³-hybridized carbons (Fsp3) is 0.667. The van der Waals surface area contributed by atoms with Crippen molar-refractivity contribution in [3.8, 4) is 0 Å². The number of hydrogen-bond acceptors (Lipinski definition) is 4. The van der Waals surface area contributed by atoms with Crippen molar-refractivity contribution in [3.05, 3.63) is 18.1 Å². The SMILES string of the molecule is Cc1cc(N2C[C@H]3CC[C@@H](C2)[C@@H]3N)ncn1. The molecule has 1 aliphatic carbocycles. The number of nitrogens with two attached hydrogens (primary N) is 1. The van der Waals surface area contributed by atoms with Gasteiger partial charge in [-0.05, 0) is 31.6 Å². The van der Waals surface area contributed by atoms with Crippen LogP contribution in [0.3, 0.4) is 0 Å². The number of aryl methyl sites for hydroxylation is 1. The molecule has 16 heavy (non-hydrogen) atoms. The van der Waals surface area contributed by atoms with Gasteiger partial charge in [0.05, 0.1) is 0 Å². The van der Waals surface area contributed by atoms with Crippen LogP contribution in [0.4, 0.5) is 5.82 Å². The molecule has 0 aromatic carbocycles. The molecule has 1 aromatic rings. The monoisotopic (exact) mass is 218 g/mol. The highest BCUT2D eigenvalue weighted by Gasteiger charge is 2.40. The smallest absolute Gasteiger partial charge is 0.132 e. The minimum atomic E-state index is 0.416. The van der Waals surface area contributed by atoms with Gasteiger partial charge in [-0.3, -0.25) is 0 Å². The van der Waals surface area contributed by atoms with Crippen LogP contribution in [0.25, 0.3) is 0 Å². The van der Waals surface area contributed by atoms with Gasteiger partial charge in [-0.2, -0.15) is 0 Å². The molecule has 3 atom stereocenters. The van der Waals surface area contributed by atoms with Gasteiger partial charge in [-0.1, -0.05) is 0 Å². The van der Waals surface area contributed by atoms with Crippen molar-refractivity contribution < 1.29 is 0 Å². The molecule has 1 aliphatic heterocycles. The van der Waals surface area contributed by atoms with Crippen LogP contribution in [-0.2, 0) is 0 Å². The third-order valence-electron chi connectivity index (χ3n) is 4.02. The average Bonchev–Trinajstić information content (AvgIpc) is 2.53. The van der Waals surface area contributed by atoms with Crippen molar-refractivity contribution in [2.75, 3.05) is 18.0 Å². The van der Waals surface area contributed by atoms with E-state index in [2.05, 4.69) is 20.9 Å². The summed E-state index contributed by atoms with van der Waals surface area (Å²) < 4.78 is 0. The van der Waals surface area contributed by atoms with E-state index in [4.69, 9.17) is 5.73 Å². The number of anilines is 1. The highest BCUT2D eigenvalue weighted by Crippen LogP contribution is 2.36. The number of aromatic nitrogens is 2. The van der Waals surface area contributed by atoms with Crippen LogP contribution in [-0.4, -0.2) is 29.1 Å². The van der Waals surface area contributed by atoms with Crippen molar-refractivity contribution in [3.63, 3.8) is 0 Å². The summed E-state index contributed by atoms with van der Waals surface area (Å²) in [5.74, 6) is 2.39. The summed E-state index contributed by atoms with van der Waals surface area (Å²) in [6.07, 6.45) is 4.22. The Morgan fingerprint density at radius 3 is 2.56 bits per heavy atom. The van der Waals surface area contributed by atoms with E-state index in [1.807, 2.05) is 6.92 Å². The molecule has 2 fully saturated rings. The Labute approximate surface area is 95.9 Å². The summed E-state index contributed by atoms with van der Waals surface area (Å²) in [6.45, 7) is 4.14. The Kier molecular flexibility index (Phi) is 2.32. The Balaban J connectivity index is 1.83. The standard InChI is InChI=1S/C12H18N4/c1-8-4-11(15-7-14-8)16-5-9-2-3-10(6-16)12(9)13/h4,7,9-10,12H,2-3,5-6,13H2,1H3/t9-,10+,12-. The lowest BCUT2D eigenvalue weighted by atomic mass is 9.93. The molecule has 2 heterocycles. The minimum Gasteiger partial charge on any atom is -0.356 e. The zero-order valence-electron chi connectivity index (χ0n) is 9.63. The van der Waals surface area contributed by atoms with Crippen LogP contribution in [0.2, 0.25) is 0 Å². The van der Waals surface area contributed by atoms with E-state index in [9.17, 15) is 0 Å². The predicted molar refractivity (Wildman–Crippen MR) is 63.2 cm³/mol. The second-order valence-electron chi connectivity index (χ2n) is 5.10. The Bertz CT molecular complexity index is 378. The lowest BCUT2D eigenvalue weighted by molar-refractivity contribution is 0.355. The molecule has 0 amide bonds. The molecule has 4 heteroatoms. The molecule has 0 spiro atoms. The van der Waals surface area contributed by atoms with Crippen LogP contribution in [0.15, 0.2) is 12.4 Å². The number of fused-ring (bicyclic) bond motifs is 2. The Morgan fingerprint density at radius 2 is 1.94 bits per heavy atom. The predicted octanol–water partition coefficient (Wildman–Crippen LogP) is 0.959. The zero-order chi connectivity index (χ0) is 11.1. The maximum atomic E-state index is 6.20. The molecule has 2 N–H and O–H groups in total. The topological polar surface area (TPSA) is 55.0 Å². The third kappa shape index (κ3) is 1.57. The summed E-state index contributed by atoms with van der Waals surface area (Å²) in [7, 11) is 0. The number of nitrogens with zero attached hydrogens (tertiary/aromatic N) is 3. The van der Waals surface area contributed by atoms with Gasteiger partial charge in [-0.25, -0.2) is 9.97 Å². The largest absolute Gasteiger partial charge is 0.356 e. The van der Waals surface area contributed by atoms with E-state index in [-0.39, 0.29) is 0 Å². The van der Waals surface area contributed by atoms with Crippen molar-refractivity contribution in [1.29, 1.82) is 0 Å². The van der Waals surface area contributed by atoms with E-state index < -0.39 is 0 Å². The number of hydrogen-bond donors (Lipinski definition) is 1. The van der Waals surface area contributed by atoms with Gasteiger partial charge in [0.15, 0.2) is 0 Å². The first-order valence-electron chi connectivity index (χ1n) is 6.03. The lowest BCUT2D eigenvalue weighted by Crippen LogP contribution is -2.49. The maximum Gasteiger partial charge on any atom is 0.132 e. The van der Waals surface area contributed by atoms with Crippen LogP contribution in [0.5, 0.6) is 0 Å². The highest BCUT2D eigenvalue weighted by molar-refractivity contribution is 5.40. The van der Waals surface area contributed by atoms with Crippen LogP contribution < -0.4 is 10.6 Å². The summed E-state index contributed by atoms with van der Waals surface area (Å²) >= 11 is 0. The zero-order valence-corrected chi connectivity index (χ0v) is 9.63. The second kappa shape index (κ2) is 3.70. The molecule has 2 bridgehead atoms. The van der Waals surface area contributed by atoms with Gasteiger partial charge in [0.25, 0.3) is 0 Å². The molecule has 2 aliphatic rings. The minimum absolute atomic E-state index is 0.416. The summed E-state index contributed by atoms with van der Waals surface area (Å²) in [4.78, 5) is 10.9. The number of piperidine rings is 1. The first-order chi connectivity index (χ1) is 7.74. The average molecular weight is 218 g/mol. The maximum absolute atomic E-state index is 6.20. The summed E-state index contributed by atoms with van der Waals surface area (Å²) in [5.41, 5.74) is 7.23. The quantitative estimate of drug-likeness (QED) is 0.762. The molecule has 1 aromatic heterocycles. The van der Waals surface area contributed by atoms with Gasteiger partial charge in [-0.15, -0.1) is 0 Å². The van der Waals surface area contributed by atoms with Crippen molar-refractivity contribution >= 4 is 5.82 Å².